The number of methoxy groups -OCH3 is 1. The summed E-state index contributed by atoms with van der Waals surface area (Å²) in [5.74, 6) is 1.04. The maximum atomic E-state index is 10.0. The number of nitrogens with zero attached hydrogens (tertiary/aromatic N) is 4. The summed E-state index contributed by atoms with van der Waals surface area (Å²) >= 11 is 0. The Labute approximate surface area is 120 Å². The Morgan fingerprint density at radius 3 is 2.71 bits per heavy atom. The van der Waals surface area contributed by atoms with Crippen molar-refractivity contribution in [3.63, 3.8) is 0 Å². The van der Waals surface area contributed by atoms with E-state index in [1.807, 2.05) is 0 Å². The fourth-order valence-electron chi connectivity index (χ4n) is 1.82. The number of aromatic nitrogens is 4. The molecule has 1 N–H and O–H groups in total. The van der Waals surface area contributed by atoms with Crippen LogP contribution in [0.15, 0.2) is 34.9 Å². The number of hydrogen-bond donors (Lipinski definition) is 1. The Morgan fingerprint density at radius 1 is 1.14 bits per heavy atom. The van der Waals surface area contributed by atoms with Crippen molar-refractivity contribution in [3.8, 4) is 34.6 Å². The summed E-state index contributed by atoms with van der Waals surface area (Å²) in [6.07, 6.45) is 0. The van der Waals surface area contributed by atoms with Crippen LogP contribution in [0.2, 0.25) is 0 Å². The lowest BCUT2D eigenvalue weighted by atomic mass is 10.1. The molecule has 0 aliphatic carbocycles. The third kappa shape index (κ3) is 2.40. The Bertz CT molecular complexity index is 768. The summed E-state index contributed by atoms with van der Waals surface area (Å²) in [5, 5.41) is 21.7. The minimum atomic E-state index is 0.119. The molecule has 0 aliphatic rings. The van der Waals surface area contributed by atoms with Gasteiger partial charge in [0.15, 0.2) is 0 Å². The monoisotopic (exact) mass is 284 g/mol. The predicted molar refractivity (Wildman–Crippen MR) is 73.7 cm³/mol. The van der Waals surface area contributed by atoms with Crippen molar-refractivity contribution in [2.75, 3.05) is 7.11 Å². The number of aromatic hydroxyl groups is 1. The number of benzene rings is 1. The number of hydrogen-bond acceptors (Lipinski definition) is 7. The molecule has 0 unspecified atom stereocenters. The van der Waals surface area contributed by atoms with Crippen molar-refractivity contribution in [1.82, 2.24) is 20.3 Å². The third-order valence-corrected chi connectivity index (χ3v) is 2.97. The van der Waals surface area contributed by atoms with Crippen molar-refractivity contribution in [2.24, 2.45) is 0 Å². The lowest BCUT2D eigenvalue weighted by Gasteiger charge is -2.01. The van der Waals surface area contributed by atoms with Crippen molar-refractivity contribution in [1.29, 1.82) is 0 Å². The molecule has 0 amide bonds. The zero-order valence-corrected chi connectivity index (χ0v) is 11.4. The lowest BCUT2D eigenvalue weighted by Crippen LogP contribution is -1.93. The average Bonchev–Trinajstić information content (AvgIpc) is 3.00. The Balaban J connectivity index is 1.97. The molecule has 3 aromatic rings. The molecule has 0 fully saturated rings. The molecule has 2 aromatic heterocycles. The quantitative estimate of drug-likeness (QED) is 0.787. The van der Waals surface area contributed by atoms with Crippen LogP contribution >= 0.6 is 0 Å². The summed E-state index contributed by atoms with van der Waals surface area (Å²) in [6, 6.07) is 8.64. The van der Waals surface area contributed by atoms with Crippen LogP contribution in [0.1, 0.15) is 5.56 Å². The highest BCUT2D eigenvalue weighted by atomic mass is 16.5. The summed E-state index contributed by atoms with van der Waals surface area (Å²) < 4.78 is 10.1. The number of rotatable bonds is 3. The molecule has 0 spiro atoms. The summed E-state index contributed by atoms with van der Waals surface area (Å²) in [7, 11) is 1.51. The molecule has 0 aliphatic heterocycles. The molecular formula is C14H12N4O3. The van der Waals surface area contributed by atoms with Gasteiger partial charge in [-0.2, -0.15) is 4.98 Å². The molecule has 0 saturated heterocycles. The van der Waals surface area contributed by atoms with E-state index in [0.717, 1.165) is 5.56 Å². The maximum absolute atomic E-state index is 10.0. The minimum absolute atomic E-state index is 0.119. The number of phenolic OH excluding ortho intramolecular Hbond substituents is 1. The van der Waals surface area contributed by atoms with E-state index in [0.29, 0.717) is 23.0 Å². The molecule has 0 saturated carbocycles. The summed E-state index contributed by atoms with van der Waals surface area (Å²) in [6.45, 7) is 1.80. The average molecular weight is 284 g/mol. The van der Waals surface area contributed by atoms with Gasteiger partial charge in [0.05, 0.1) is 12.7 Å². The first-order valence-electron chi connectivity index (χ1n) is 6.20. The molecule has 106 valence electrons. The third-order valence-electron chi connectivity index (χ3n) is 2.97. The predicted octanol–water partition coefficient (Wildman–Crippen LogP) is 2.22. The van der Waals surface area contributed by atoms with Crippen LogP contribution < -0.4 is 4.74 Å². The SMILES string of the molecule is COc1ccc(-c2noc(-c3cccc(C)c3O)n2)nn1. The highest BCUT2D eigenvalue weighted by molar-refractivity contribution is 5.65. The van der Waals surface area contributed by atoms with E-state index in [1.165, 1.54) is 7.11 Å². The Morgan fingerprint density at radius 2 is 2.00 bits per heavy atom. The topological polar surface area (TPSA) is 94.2 Å². The second kappa shape index (κ2) is 5.20. The minimum Gasteiger partial charge on any atom is -0.507 e. The van der Waals surface area contributed by atoms with Crippen LogP contribution in [0.25, 0.3) is 23.0 Å². The molecule has 7 heteroatoms. The van der Waals surface area contributed by atoms with Gasteiger partial charge in [0.2, 0.25) is 11.7 Å². The van der Waals surface area contributed by atoms with Crippen LogP contribution in [0.3, 0.4) is 0 Å². The molecule has 0 radical (unpaired) electrons. The first-order valence-corrected chi connectivity index (χ1v) is 6.20. The largest absolute Gasteiger partial charge is 0.507 e. The van der Waals surface area contributed by atoms with Crippen LogP contribution in [0.5, 0.6) is 11.6 Å². The molecule has 1 aromatic carbocycles. The molecule has 3 rings (SSSR count). The highest BCUT2D eigenvalue weighted by Crippen LogP contribution is 2.31. The zero-order chi connectivity index (χ0) is 14.8. The lowest BCUT2D eigenvalue weighted by molar-refractivity contribution is 0.392. The number of aryl methyl sites for hydroxylation is 1. The molecule has 21 heavy (non-hydrogen) atoms. The fraction of sp³-hybridized carbons (Fsp3) is 0.143. The summed E-state index contributed by atoms with van der Waals surface area (Å²) in [4.78, 5) is 4.23. The van der Waals surface area contributed by atoms with Gasteiger partial charge in [-0.05, 0) is 24.6 Å². The first kappa shape index (κ1) is 13.0. The van der Waals surface area contributed by atoms with Gasteiger partial charge in [0, 0.05) is 6.07 Å². The number of para-hydroxylation sites is 1. The van der Waals surface area contributed by atoms with E-state index in [2.05, 4.69) is 20.3 Å². The number of ether oxygens (including phenoxy) is 1. The van der Waals surface area contributed by atoms with E-state index in [1.54, 1.807) is 37.3 Å². The number of phenols is 1. The molecule has 0 bridgehead atoms. The van der Waals surface area contributed by atoms with E-state index in [4.69, 9.17) is 9.26 Å². The molecular weight excluding hydrogens is 272 g/mol. The zero-order valence-electron chi connectivity index (χ0n) is 11.4. The molecule has 7 nitrogen and oxygen atoms in total. The van der Waals surface area contributed by atoms with Gasteiger partial charge in [-0.1, -0.05) is 17.3 Å². The van der Waals surface area contributed by atoms with E-state index >= 15 is 0 Å². The smallest absolute Gasteiger partial charge is 0.262 e. The van der Waals surface area contributed by atoms with Crippen molar-refractivity contribution < 1.29 is 14.4 Å². The van der Waals surface area contributed by atoms with Crippen molar-refractivity contribution in [2.45, 2.75) is 6.92 Å². The van der Waals surface area contributed by atoms with Gasteiger partial charge in [-0.25, -0.2) is 0 Å². The van der Waals surface area contributed by atoms with E-state index < -0.39 is 0 Å². The second-order valence-corrected chi connectivity index (χ2v) is 4.36. The van der Waals surface area contributed by atoms with Gasteiger partial charge >= 0.3 is 0 Å². The van der Waals surface area contributed by atoms with E-state index in [9.17, 15) is 5.11 Å². The van der Waals surface area contributed by atoms with E-state index in [-0.39, 0.29) is 11.6 Å². The van der Waals surface area contributed by atoms with Crippen LogP contribution in [-0.4, -0.2) is 32.6 Å². The highest BCUT2D eigenvalue weighted by Gasteiger charge is 2.15. The van der Waals surface area contributed by atoms with Crippen molar-refractivity contribution in [3.05, 3.63) is 35.9 Å². The van der Waals surface area contributed by atoms with Gasteiger partial charge in [0.1, 0.15) is 11.4 Å². The van der Waals surface area contributed by atoms with Gasteiger partial charge in [0.25, 0.3) is 5.89 Å². The first-order chi connectivity index (χ1) is 10.2. The Hall–Kier alpha value is -2.96. The van der Waals surface area contributed by atoms with Gasteiger partial charge in [-0.15, -0.1) is 10.2 Å². The van der Waals surface area contributed by atoms with Gasteiger partial charge < -0.3 is 14.4 Å². The van der Waals surface area contributed by atoms with Crippen molar-refractivity contribution >= 4 is 0 Å². The molecule has 2 heterocycles. The van der Waals surface area contributed by atoms with Crippen LogP contribution in [0, 0.1) is 6.92 Å². The van der Waals surface area contributed by atoms with Crippen LogP contribution in [-0.2, 0) is 0 Å². The van der Waals surface area contributed by atoms with Gasteiger partial charge in [-0.3, -0.25) is 0 Å². The fourth-order valence-corrected chi connectivity index (χ4v) is 1.82. The standard InChI is InChI=1S/C14H12N4O3/c1-8-4-3-5-9(12(8)19)14-15-13(18-21-14)10-6-7-11(20-2)17-16-10/h3-7,19H,1-2H3. The Kier molecular flexibility index (Phi) is 3.23. The molecule has 0 atom stereocenters. The normalized spacial score (nSPS) is 10.6. The maximum Gasteiger partial charge on any atom is 0.262 e. The second-order valence-electron chi connectivity index (χ2n) is 4.36. The van der Waals surface area contributed by atoms with Crippen LogP contribution in [0.4, 0.5) is 0 Å². The summed E-state index contributed by atoms with van der Waals surface area (Å²) in [5.41, 5.74) is 1.67.